The van der Waals surface area contributed by atoms with Gasteiger partial charge < -0.3 is 14.7 Å². The van der Waals surface area contributed by atoms with Crippen molar-refractivity contribution in [2.24, 2.45) is 0 Å². The first-order valence-electron chi connectivity index (χ1n) is 12.9. The lowest BCUT2D eigenvalue weighted by Gasteiger charge is -2.38. The van der Waals surface area contributed by atoms with Gasteiger partial charge in [-0.25, -0.2) is 8.42 Å². The van der Waals surface area contributed by atoms with Gasteiger partial charge in [0.2, 0.25) is 5.82 Å². The molecule has 1 saturated heterocycles. The number of aldehydes is 1. The van der Waals surface area contributed by atoms with Crippen LogP contribution < -0.4 is 10.2 Å². The fourth-order valence-electron chi connectivity index (χ4n) is 4.83. The van der Waals surface area contributed by atoms with E-state index in [-0.39, 0.29) is 17.3 Å². The molecule has 0 amide bonds. The van der Waals surface area contributed by atoms with Crippen LogP contribution in [0.3, 0.4) is 0 Å². The van der Waals surface area contributed by atoms with E-state index in [9.17, 15) is 26.4 Å². The fourth-order valence-corrected chi connectivity index (χ4v) is 5.59. The summed E-state index contributed by atoms with van der Waals surface area (Å²) < 4.78 is 68.9. The first-order chi connectivity index (χ1) is 19.5. The molecule has 1 atom stereocenters. The average Bonchev–Trinajstić information content (AvgIpc) is 3.59. The van der Waals surface area contributed by atoms with Crippen molar-refractivity contribution in [3.8, 4) is 23.0 Å². The second kappa shape index (κ2) is 11.1. The molecule has 0 aliphatic carbocycles. The SMILES string of the molecule is CCC1CNCCN1c1ccc(C=O)cc1Cn1nc(-c2nc(-c3ccc(S(=O)(=O)C(F)(F)F)cc3)no2)cc1C. The number of carbonyl (C=O) groups is 1. The number of carbonyl (C=O) groups excluding carboxylic acids is 1. The number of aromatic nitrogens is 4. The van der Waals surface area contributed by atoms with Crippen molar-refractivity contribution in [1.29, 1.82) is 0 Å². The Kier molecular flexibility index (Phi) is 7.70. The Morgan fingerprint density at radius 3 is 2.59 bits per heavy atom. The number of anilines is 1. The normalized spacial score (nSPS) is 16.2. The standard InChI is InChI=1S/C27H27F3N6O4S/c1-3-21-14-31-10-11-35(21)24-9-4-18(16-37)13-20(24)15-36-17(2)12-23(33-36)26-32-25(34-40-26)19-5-7-22(8-6-19)41(38,39)27(28,29)30/h4-9,12-13,16,21,31H,3,10-11,14-15H2,1-2H3. The van der Waals surface area contributed by atoms with Crippen LogP contribution in [0.4, 0.5) is 18.9 Å². The third-order valence-electron chi connectivity index (χ3n) is 7.04. The largest absolute Gasteiger partial charge is 0.501 e. The van der Waals surface area contributed by atoms with Gasteiger partial charge in [0.05, 0.1) is 11.4 Å². The number of alkyl halides is 3. The molecule has 0 saturated carbocycles. The van der Waals surface area contributed by atoms with Gasteiger partial charge in [-0.15, -0.1) is 0 Å². The van der Waals surface area contributed by atoms with Crippen LogP contribution in [0, 0.1) is 6.92 Å². The lowest BCUT2D eigenvalue weighted by Crippen LogP contribution is -2.51. The molecule has 41 heavy (non-hydrogen) atoms. The van der Waals surface area contributed by atoms with E-state index in [0.29, 0.717) is 23.8 Å². The van der Waals surface area contributed by atoms with Crippen molar-refractivity contribution in [1.82, 2.24) is 25.2 Å². The molecule has 5 rings (SSSR count). The molecular weight excluding hydrogens is 561 g/mol. The Morgan fingerprint density at radius 1 is 1.15 bits per heavy atom. The van der Waals surface area contributed by atoms with E-state index >= 15 is 0 Å². The van der Waals surface area contributed by atoms with Gasteiger partial charge in [-0.05, 0) is 67.4 Å². The van der Waals surface area contributed by atoms with Crippen molar-refractivity contribution in [3.63, 3.8) is 0 Å². The van der Waals surface area contributed by atoms with Crippen molar-refractivity contribution in [2.75, 3.05) is 24.5 Å². The second-order valence-electron chi connectivity index (χ2n) is 9.69. The molecule has 1 N–H and O–H groups in total. The molecule has 0 radical (unpaired) electrons. The number of rotatable bonds is 8. The quantitative estimate of drug-likeness (QED) is 0.301. The smallest absolute Gasteiger partial charge is 0.366 e. The van der Waals surface area contributed by atoms with E-state index in [0.717, 1.165) is 61.4 Å². The van der Waals surface area contributed by atoms with Crippen molar-refractivity contribution in [2.45, 2.75) is 43.3 Å². The lowest BCUT2D eigenvalue weighted by molar-refractivity contribution is -0.0436. The molecule has 2 aromatic carbocycles. The topological polar surface area (TPSA) is 123 Å². The van der Waals surface area contributed by atoms with Crippen LogP contribution in [0.1, 0.15) is 35.0 Å². The van der Waals surface area contributed by atoms with E-state index in [1.54, 1.807) is 10.7 Å². The summed E-state index contributed by atoms with van der Waals surface area (Å²) in [6, 6.07) is 11.8. The minimum Gasteiger partial charge on any atom is -0.366 e. The summed E-state index contributed by atoms with van der Waals surface area (Å²) in [5, 5.41) is 11.9. The number of nitrogens with one attached hydrogen (secondary N) is 1. The fraction of sp³-hybridized carbons (Fsp3) is 0.333. The molecule has 1 aliphatic heterocycles. The average molecular weight is 589 g/mol. The van der Waals surface area contributed by atoms with Gasteiger partial charge in [-0.2, -0.15) is 23.3 Å². The Bertz CT molecular complexity index is 1660. The molecule has 1 aliphatic rings. The molecule has 1 unspecified atom stereocenters. The summed E-state index contributed by atoms with van der Waals surface area (Å²) in [5.74, 6) is 0.150. The first kappa shape index (κ1) is 28.5. The zero-order chi connectivity index (χ0) is 29.4. The molecule has 3 heterocycles. The van der Waals surface area contributed by atoms with Crippen molar-refractivity contribution < 1.29 is 30.9 Å². The van der Waals surface area contributed by atoms with Crippen LogP contribution in [0.2, 0.25) is 0 Å². The number of hydrogen-bond acceptors (Lipinski definition) is 9. The van der Waals surface area contributed by atoms with Gasteiger partial charge in [0.15, 0.2) is 5.69 Å². The maximum atomic E-state index is 12.8. The predicted octanol–water partition coefficient (Wildman–Crippen LogP) is 4.25. The third kappa shape index (κ3) is 5.61. The van der Waals surface area contributed by atoms with E-state index in [1.165, 1.54) is 12.1 Å². The molecule has 0 bridgehead atoms. The number of hydrogen-bond donors (Lipinski definition) is 1. The van der Waals surface area contributed by atoms with E-state index in [1.807, 2.05) is 25.1 Å². The van der Waals surface area contributed by atoms with Crippen LogP contribution in [-0.4, -0.2) is 65.8 Å². The molecule has 14 heteroatoms. The monoisotopic (exact) mass is 588 g/mol. The summed E-state index contributed by atoms with van der Waals surface area (Å²) in [6.45, 7) is 6.97. The molecule has 10 nitrogen and oxygen atoms in total. The number of nitrogens with zero attached hydrogens (tertiary/aromatic N) is 5. The van der Waals surface area contributed by atoms with Crippen molar-refractivity contribution in [3.05, 3.63) is 65.4 Å². The Labute approximate surface area is 234 Å². The lowest BCUT2D eigenvalue weighted by atomic mass is 10.0. The maximum absolute atomic E-state index is 12.8. The van der Waals surface area contributed by atoms with E-state index in [2.05, 4.69) is 32.4 Å². The summed E-state index contributed by atoms with van der Waals surface area (Å²) in [6.07, 6.45) is 1.78. The van der Waals surface area contributed by atoms with Gasteiger partial charge in [0.25, 0.3) is 15.7 Å². The predicted molar refractivity (Wildman–Crippen MR) is 144 cm³/mol. The highest BCUT2D eigenvalue weighted by atomic mass is 32.2. The van der Waals surface area contributed by atoms with E-state index in [4.69, 9.17) is 4.52 Å². The van der Waals surface area contributed by atoms with Crippen LogP contribution >= 0.6 is 0 Å². The van der Waals surface area contributed by atoms with Gasteiger partial charge >= 0.3 is 5.51 Å². The molecule has 216 valence electrons. The number of sulfone groups is 1. The molecule has 0 spiro atoms. The Morgan fingerprint density at radius 2 is 1.90 bits per heavy atom. The van der Waals surface area contributed by atoms with Crippen LogP contribution in [0.15, 0.2) is 57.9 Å². The highest BCUT2D eigenvalue weighted by Gasteiger charge is 2.46. The van der Waals surface area contributed by atoms with Gasteiger partial charge in [-0.3, -0.25) is 9.48 Å². The minimum absolute atomic E-state index is 0.0634. The second-order valence-corrected chi connectivity index (χ2v) is 11.6. The first-order valence-corrected chi connectivity index (χ1v) is 14.4. The Balaban J connectivity index is 1.40. The highest BCUT2D eigenvalue weighted by molar-refractivity contribution is 7.92. The number of benzene rings is 2. The number of aryl methyl sites for hydroxylation is 1. The molecular formula is C27H27F3N6O4S. The zero-order valence-corrected chi connectivity index (χ0v) is 23.0. The molecule has 4 aromatic rings. The van der Waals surface area contributed by atoms with Crippen molar-refractivity contribution >= 4 is 21.8 Å². The van der Waals surface area contributed by atoms with Gasteiger partial charge in [0.1, 0.15) is 6.29 Å². The summed E-state index contributed by atoms with van der Waals surface area (Å²) in [4.78, 5) is 17.3. The summed E-state index contributed by atoms with van der Waals surface area (Å²) in [5.41, 5.74) is -1.40. The maximum Gasteiger partial charge on any atom is 0.501 e. The highest BCUT2D eigenvalue weighted by Crippen LogP contribution is 2.32. The van der Waals surface area contributed by atoms with Crippen LogP contribution in [-0.2, 0) is 16.4 Å². The summed E-state index contributed by atoms with van der Waals surface area (Å²) >= 11 is 0. The molecule has 2 aromatic heterocycles. The molecule has 1 fully saturated rings. The van der Waals surface area contributed by atoms with Gasteiger partial charge in [-0.1, -0.05) is 12.1 Å². The number of piperazine rings is 1. The summed E-state index contributed by atoms with van der Waals surface area (Å²) in [7, 11) is -5.46. The number of halogens is 3. The third-order valence-corrected chi connectivity index (χ3v) is 8.55. The zero-order valence-electron chi connectivity index (χ0n) is 22.2. The van der Waals surface area contributed by atoms with Crippen LogP contribution in [0.5, 0.6) is 0 Å². The van der Waals surface area contributed by atoms with E-state index < -0.39 is 20.2 Å². The van der Waals surface area contributed by atoms with Gasteiger partial charge in [0, 0.05) is 48.2 Å². The Hall–Kier alpha value is -4.04. The minimum atomic E-state index is -5.46. The van der Waals surface area contributed by atoms with Crippen LogP contribution in [0.25, 0.3) is 23.0 Å².